The predicted molar refractivity (Wildman–Crippen MR) is 113 cm³/mol. The number of halogens is 1. The Labute approximate surface area is 181 Å². The van der Waals surface area contributed by atoms with Crippen molar-refractivity contribution in [2.45, 2.75) is 32.2 Å². The van der Waals surface area contributed by atoms with Crippen molar-refractivity contribution in [3.8, 4) is 0 Å². The number of anilines is 1. The third-order valence-corrected chi connectivity index (χ3v) is 4.62. The number of unbranched alkanes of at least 4 members (excludes halogenated alkanes) is 1. The van der Waals surface area contributed by atoms with Crippen LogP contribution in [-0.4, -0.2) is 49.0 Å². The van der Waals surface area contributed by atoms with E-state index >= 15 is 0 Å². The summed E-state index contributed by atoms with van der Waals surface area (Å²) in [5.74, 6) is -0.0195. The first-order chi connectivity index (χ1) is 14.5. The largest absolute Gasteiger partial charge is 0.354 e. The fourth-order valence-corrected chi connectivity index (χ4v) is 3.12. The Morgan fingerprint density at radius 2 is 2.00 bits per heavy atom. The van der Waals surface area contributed by atoms with Crippen LogP contribution in [0.25, 0.3) is 0 Å². The average molecular weight is 473 g/mol. The number of rotatable bonds is 9. The molecule has 3 rings (SSSR count). The predicted octanol–water partition coefficient (Wildman–Crippen LogP) is 1.79. The van der Waals surface area contributed by atoms with Crippen LogP contribution >= 0.6 is 15.9 Å². The first-order valence-corrected chi connectivity index (χ1v) is 10.2. The molecule has 10 nitrogen and oxygen atoms in total. The van der Waals surface area contributed by atoms with Gasteiger partial charge in [-0.3, -0.25) is 19.3 Å². The number of nitrogens with one attached hydrogen (secondary N) is 2. The molecular formula is C19H21BrN8O2. The number of aryl methyl sites for hydroxylation is 2. The summed E-state index contributed by atoms with van der Waals surface area (Å²) in [5.41, 5.74) is 1.95. The Hall–Kier alpha value is -3.21. The normalized spacial score (nSPS) is 10.6. The van der Waals surface area contributed by atoms with Crippen LogP contribution in [0.2, 0.25) is 0 Å². The van der Waals surface area contributed by atoms with E-state index in [0.717, 1.165) is 35.0 Å². The number of pyridine rings is 1. The molecule has 156 valence electrons. The average Bonchev–Trinajstić information content (AvgIpc) is 3.21. The maximum absolute atomic E-state index is 12.1. The van der Waals surface area contributed by atoms with Crippen LogP contribution < -0.4 is 10.6 Å². The molecule has 11 heteroatoms. The highest BCUT2D eigenvalue weighted by Gasteiger charge is 2.09. The van der Waals surface area contributed by atoms with E-state index in [1.165, 1.54) is 0 Å². The molecule has 0 radical (unpaired) electrons. The highest BCUT2D eigenvalue weighted by Crippen LogP contribution is 2.11. The molecule has 3 aromatic rings. The first-order valence-electron chi connectivity index (χ1n) is 9.37. The van der Waals surface area contributed by atoms with Gasteiger partial charge in [-0.15, -0.1) is 10.2 Å². The minimum atomic E-state index is -0.253. The quantitative estimate of drug-likeness (QED) is 0.454. The molecule has 0 spiro atoms. The fraction of sp³-hybridized carbons (Fsp3) is 0.316. The number of aromatic nitrogens is 6. The second-order valence-electron chi connectivity index (χ2n) is 6.55. The van der Waals surface area contributed by atoms with Gasteiger partial charge in [-0.1, -0.05) is 5.21 Å². The summed E-state index contributed by atoms with van der Waals surface area (Å²) in [6.45, 7) is 0.663. The van der Waals surface area contributed by atoms with Crippen LogP contribution in [0.3, 0.4) is 0 Å². The SMILES string of the molecule is CNC(=O)c1cn(CCCCc2ccc(NC(=O)Cc3cncc(Br)c3)nn2)nn1. The zero-order chi connectivity index (χ0) is 21.3. The third kappa shape index (κ3) is 6.41. The van der Waals surface area contributed by atoms with Gasteiger partial charge in [0.25, 0.3) is 5.91 Å². The lowest BCUT2D eigenvalue weighted by atomic mass is 10.2. The van der Waals surface area contributed by atoms with E-state index in [1.807, 2.05) is 12.1 Å². The lowest BCUT2D eigenvalue weighted by Crippen LogP contribution is -2.18. The molecule has 2 amide bonds. The summed E-state index contributed by atoms with van der Waals surface area (Å²) < 4.78 is 2.48. The molecule has 0 aliphatic carbocycles. The van der Waals surface area contributed by atoms with Crippen LogP contribution in [0.4, 0.5) is 5.82 Å². The van der Waals surface area contributed by atoms with E-state index in [4.69, 9.17) is 0 Å². The molecule has 0 saturated heterocycles. The number of hydrogen-bond donors (Lipinski definition) is 2. The van der Waals surface area contributed by atoms with Crippen molar-refractivity contribution >= 4 is 33.6 Å². The van der Waals surface area contributed by atoms with Gasteiger partial charge in [-0.2, -0.15) is 5.10 Å². The lowest BCUT2D eigenvalue weighted by Gasteiger charge is -2.05. The van der Waals surface area contributed by atoms with Gasteiger partial charge in [0.05, 0.1) is 18.3 Å². The van der Waals surface area contributed by atoms with E-state index in [1.54, 1.807) is 36.4 Å². The second kappa shape index (κ2) is 10.5. The standard InChI is InChI=1S/C19H21BrN8O2/c1-21-19(30)16-12-28(27-25-16)7-3-2-4-15-5-6-17(26-24-15)23-18(29)9-13-8-14(20)11-22-10-13/h5-6,8,10-12H,2-4,7,9H2,1H3,(H,21,30)(H,23,26,29). The second-order valence-corrected chi connectivity index (χ2v) is 7.47. The van der Waals surface area contributed by atoms with Gasteiger partial charge in [0.1, 0.15) is 0 Å². The van der Waals surface area contributed by atoms with Crippen molar-refractivity contribution in [2.75, 3.05) is 12.4 Å². The monoisotopic (exact) mass is 472 g/mol. The van der Waals surface area contributed by atoms with Gasteiger partial charge >= 0.3 is 0 Å². The molecule has 2 N–H and O–H groups in total. The zero-order valence-corrected chi connectivity index (χ0v) is 18.0. The maximum atomic E-state index is 12.1. The molecule has 0 fully saturated rings. The highest BCUT2D eigenvalue weighted by atomic mass is 79.9. The van der Waals surface area contributed by atoms with Crippen LogP contribution in [0.1, 0.15) is 34.6 Å². The Morgan fingerprint density at radius 1 is 1.13 bits per heavy atom. The lowest BCUT2D eigenvalue weighted by molar-refractivity contribution is -0.115. The smallest absolute Gasteiger partial charge is 0.273 e. The number of nitrogens with zero attached hydrogens (tertiary/aromatic N) is 6. The summed E-state index contributed by atoms with van der Waals surface area (Å²) in [7, 11) is 1.55. The van der Waals surface area contributed by atoms with E-state index in [0.29, 0.717) is 18.1 Å². The van der Waals surface area contributed by atoms with Crippen molar-refractivity contribution in [3.63, 3.8) is 0 Å². The van der Waals surface area contributed by atoms with E-state index in [-0.39, 0.29) is 18.2 Å². The topological polar surface area (TPSA) is 128 Å². The number of hydrogen-bond acceptors (Lipinski definition) is 7. The van der Waals surface area contributed by atoms with Crippen molar-refractivity contribution in [2.24, 2.45) is 0 Å². The van der Waals surface area contributed by atoms with Crippen LogP contribution in [0.5, 0.6) is 0 Å². The molecule has 30 heavy (non-hydrogen) atoms. The van der Waals surface area contributed by atoms with Crippen LogP contribution in [0.15, 0.2) is 41.3 Å². The molecule has 3 aromatic heterocycles. The summed E-state index contributed by atoms with van der Waals surface area (Å²) in [4.78, 5) is 27.6. The summed E-state index contributed by atoms with van der Waals surface area (Å²) >= 11 is 3.34. The Kier molecular flexibility index (Phi) is 7.55. The van der Waals surface area contributed by atoms with Crippen LogP contribution in [-0.2, 0) is 24.2 Å². The van der Waals surface area contributed by atoms with Gasteiger partial charge in [0.2, 0.25) is 5.91 Å². The molecule has 0 aliphatic heterocycles. The maximum Gasteiger partial charge on any atom is 0.273 e. The van der Waals surface area contributed by atoms with Crippen molar-refractivity contribution in [3.05, 3.63) is 58.2 Å². The number of carbonyl (C=O) groups is 2. The van der Waals surface area contributed by atoms with Gasteiger partial charge < -0.3 is 10.6 Å². The van der Waals surface area contributed by atoms with Gasteiger partial charge in [-0.05, 0) is 59.0 Å². The number of amides is 2. The third-order valence-electron chi connectivity index (χ3n) is 4.18. The molecule has 0 saturated carbocycles. The van der Waals surface area contributed by atoms with Crippen molar-refractivity contribution in [1.29, 1.82) is 0 Å². The van der Waals surface area contributed by atoms with Gasteiger partial charge in [0, 0.05) is 30.5 Å². The minimum Gasteiger partial charge on any atom is -0.354 e. The fourth-order valence-electron chi connectivity index (χ4n) is 2.70. The van der Waals surface area contributed by atoms with E-state index in [9.17, 15) is 9.59 Å². The van der Waals surface area contributed by atoms with E-state index in [2.05, 4.69) is 52.1 Å². The minimum absolute atomic E-state index is 0.180. The summed E-state index contributed by atoms with van der Waals surface area (Å²) in [6, 6.07) is 5.44. The zero-order valence-electron chi connectivity index (χ0n) is 16.4. The Balaban J connectivity index is 1.40. The molecule has 0 atom stereocenters. The summed E-state index contributed by atoms with van der Waals surface area (Å²) in [5, 5.41) is 21.2. The van der Waals surface area contributed by atoms with Gasteiger partial charge in [0.15, 0.2) is 11.5 Å². The number of carbonyl (C=O) groups excluding carboxylic acids is 2. The van der Waals surface area contributed by atoms with Crippen molar-refractivity contribution in [1.82, 2.24) is 35.5 Å². The van der Waals surface area contributed by atoms with Crippen molar-refractivity contribution < 1.29 is 9.59 Å². The molecular weight excluding hydrogens is 452 g/mol. The summed E-state index contributed by atoms with van der Waals surface area (Å²) in [6.07, 6.45) is 7.64. The molecule has 0 aliphatic rings. The highest BCUT2D eigenvalue weighted by molar-refractivity contribution is 9.10. The molecule has 3 heterocycles. The Morgan fingerprint density at radius 3 is 2.73 bits per heavy atom. The Bertz CT molecular complexity index is 1010. The van der Waals surface area contributed by atoms with Crippen LogP contribution in [0, 0.1) is 0 Å². The molecule has 0 unspecified atom stereocenters. The van der Waals surface area contributed by atoms with Gasteiger partial charge in [-0.25, -0.2) is 0 Å². The molecule has 0 aromatic carbocycles. The van der Waals surface area contributed by atoms with E-state index < -0.39 is 0 Å². The first kappa shape index (κ1) is 21.5. The molecule has 0 bridgehead atoms.